The Balaban J connectivity index is 1.89. The van der Waals surface area contributed by atoms with Crippen LogP contribution in [0.3, 0.4) is 0 Å². The second kappa shape index (κ2) is 14.4. The predicted molar refractivity (Wildman–Crippen MR) is 182 cm³/mol. The molecule has 0 aromatic carbocycles. The van der Waals surface area contributed by atoms with Crippen molar-refractivity contribution in [2.24, 2.45) is 0 Å². The van der Waals surface area contributed by atoms with E-state index in [-0.39, 0.29) is 38.7 Å². The van der Waals surface area contributed by atoms with Crippen LogP contribution in [0.4, 0.5) is 0 Å². The van der Waals surface area contributed by atoms with Gasteiger partial charge in [-0.2, -0.15) is 0 Å². The van der Waals surface area contributed by atoms with Gasteiger partial charge in [-0.1, -0.05) is 0 Å². The molecule has 0 saturated heterocycles. The summed E-state index contributed by atoms with van der Waals surface area (Å²) in [5.41, 5.74) is 12.5. The number of rotatable bonds is 13. The molecule has 0 aliphatic carbocycles. The number of fused-ring (bicyclic) bond motifs is 8. The molecule has 3 aromatic heterocycles. The van der Waals surface area contributed by atoms with Gasteiger partial charge < -0.3 is 25.3 Å². The first-order valence-corrected chi connectivity index (χ1v) is 15.9. The molecule has 0 atom stereocenters. The predicted octanol–water partition coefficient (Wildman–Crippen LogP) is 6.96. The number of carboxylic acids is 3. The van der Waals surface area contributed by atoms with Gasteiger partial charge in [0.15, 0.2) is 0 Å². The standard InChI is InChI=1S/C36H40N4O8/c1-18-22(6-5-13-48-47)30-14-27-19(2)23(7-10-34(41)42)32(38-27)16-29-21(4)25(9-12-36(45)46)33(40-29)17-28-20(3)24(8-11-35(43)44)31(39-28)15-26(18)37-30/h14-17,39-40,47H,5-13H2,1-4H3,(H,41,42)(H,43,44)(H,45,46). The maximum Gasteiger partial charge on any atom is 0.303 e. The quantitative estimate of drug-likeness (QED) is 0.0635. The van der Waals surface area contributed by atoms with Crippen molar-refractivity contribution in [1.82, 2.24) is 19.9 Å². The summed E-state index contributed by atoms with van der Waals surface area (Å²) < 4.78 is 0. The van der Waals surface area contributed by atoms with E-state index < -0.39 is 17.9 Å². The van der Waals surface area contributed by atoms with Crippen LogP contribution in [0.5, 0.6) is 0 Å². The summed E-state index contributed by atoms with van der Waals surface area (Å²) in [4.78, 5) is 56.1. The summed E-state index contributed by atoms with van der Waals surface area (Å²) in [5, 5.41) is 37.5. The molecule has 6 N–H and O–H groups in total. The van der Waals surface area contributed by atoms with Crippen molar-refractivity contribution >= 4 is 62.3 Å². The van der Waals surface area contributed by atoms with Gasteiger partial charge in [0.1, 0.15) is 0 Å². The number of H-pyrrole nitrogens is 2. The summed E-state index contributed by atoms with van der Waals surface area (Å²) >= 11 is 0. The van der Waals surface area contributed by atoms with Gasteiger partial charge in [-0.05, 0) is 129 Å². The molecular formula is C36H40N4O8. The minimum atomic E-state index is -0.918. The fourth-order valence-electron chi connectivity index (χ4n) is 6.50. The van der Waals surface area contributed by atoms with Gasteiger partial charge in [0.2, 0.25) is 0 Å². The van der Waals surface area contributed by atoms with Crippen molar-refractivity contribution in [3.05, 3.63) is 69.3 Å². The van der Waals surface area contributed by atoms with E-state index in [0.717, 1.165) is 61.1 Å². The molecule has 8 bridgehead atoms. The zero-order valence-electron chi connectivity index (χ0n) is 27.5. The second-order valence-electron chi connectivity index (χ2n) is 12.3. The molecule has 2 aliphatic heterocycles. The van der Waals surface area contributed by atoms with E-state index in [1.54, 1.807) is 0 Å². The normalized spacial score (nSPS) is 13.0. The number of allylic oxidation sites excluding steroid dienone is 4. The number of carboxylic acid groups (broad SMARTS) is 3. The number of aromatic amines is 2. The highest BCUT2D eigenvalue weighted by Crippen LogP contribution is 2.38. The monoisotopic (exact) mass is 656 g/mol. The fourth-order valence-corrected chi connectivity index (χ4v) is 6.50. The number of hydrogen-bond donors (Lipinski definition) is 6. The molecule has 3 aromatic rings. The Kier molecular flexibility index (Phi) is 10.3. The van der Waals surface area contributed by atoms with Crippen molar-refractivity contribution in [2.75, 3.05) is 6.61 Å². The number of nitrogens with zero attached hydrogens (tertiary/aromatic N) is 2. The van der Waals surface area contributed by atoms with Crippen molar-refractivity contribution < 1.29 is 39.8 Å². The third-order valence-corrected chi connectivity index (χ3v) is 9.23. The highest BCUT2D eigenvalue weighted by atomic mass is 17.1. The van der Waals surface area contributed by atoms with Crippen LogP contribution in [0.2, 0.25) is 0 Å². The van der Waals surface area contributed by atoms with Crippen LogP contribution < -0.4 is 0 Å². The van der Waals surface area contributed by atoms with Crippen LogP contribution in [0, 0.1) is 13.8 Å². The van der Waals surface area contributed by atoms with Gasteiger partial charge in [0.05, 0.1) is 29.4 Å². The van der Waals surface area contributed by atoms with E-state index in [1.807, 2.05) is 52.0 Å². The number of carbonyl (C=O) groups is 3. The number of aliphatic carboxylic acids is 3. The summed E-state index contributed by atoms with van der Waals surface area (Å²) in [6.07, 6.45) is 1.76. The molecule has 0 fully saturated rings. The fraction of sp³-hybridized carbons (Fsp3) is 0.361. The van der Waals surface area contributed by atoms with E-state index in [4.69, 9.17) is 15.2 Å². The lowest BCUT2D eigenvalue weighted by Gasteiger charge is -2.04. The van der Waals surface area contributed by atoms with Crippen molar-refractivity contribution in [3.8, 4) is 0 Å². The van der Waals surface area contributed by atoms with E-state index in [2.05, 4.69) is 14.9 Å². The topological polar surface area (TPSA) is 199 Å². The molecule has 12 nitrogen and oxygen atoms in total. The number of aromatic nitrogens is 4. The minimum absolute atomic E-state index is 0.0589. The first-order chi connectivity index (χ1) is 22.9. The Bertz CT molecular complexity index is 2030. The zero-order chi connectivity index (χ0) is 34.7. The Morgan fingerprint density at radius 2 is 1.04 bits per heavy atom. The maximum absolute atomic E-state index is 11.6. The maximum atomic E-state index is 11.6. The van der Waals surface area contributed by atoms with Crippen molar-refractivity contribution in [2.45, 2.75) is 79.1 Å². The molecule has 2 aliphatic rings. The summed E-state index contributed by atoms with van der Waals surface area (Å²) in [7, 11) is 0. The number of aryl methyl sites for hydroxylation is 4. The largest absolute Gasteiger partial charge is 0.481 e. The van der Waals surface area contributed by atoms with Crippen LogP contribution in [0.15, 0.2) is 24.3 Å². The number of hydrogen-bond acceptors (Lipinski definition) is 7. The average molecular weight is 657 g/mol. The Labute approximate surface area is 276 Å². The van der Waals surface area contributed by atoms with E-state index in [1.165, 1.54) is 0 Å². The summed E-state index contributed by atoms with van der Waals surface area (Å²) in [6.45, 7) is 7.89. The molecule has 5 rings (SSSR count). The van der Waals surface area contributed by atoms with Crippen molar-refractivity contribution in [1.29, 1.82) is 0 Å². The molecule has 5 heterocycles. The SMILES string of the molecule is CC1=C(CCCOO)c2cc3nc(cc4[nH]c(cc5[nH]c(cc1n2)c(CCC(=O)O)c5C)c(CCC(=O)O)c4C)C(CCC(=O)O)=C3C. The Morgan fingerprint density at radius 3 is 1.58 bits per heavy atom. The van der Waals surface area contributed by atoms with E-state index >= 15 is 0 Å². The van der Waals surface area contributed by atoms with Crippen LogP contribution in [0.25, 0.3) is 44.4 Å². The molecule has 0 spiro atoms. The zero-order valence-corrected chi connectivity index (χ0v) is 27.5. The lowest BCUT2D eigenvalue weighted by atomic mass is 9.98. The van der Waals surface area contributed by atoms with Crippen LogP contribution in [-0.4, -0.2) is 65.0 Å². The third kappa shape index (κ3) is 7.24. The summed E-state index contributed by atoms with van der Waals surface area (Å²) in [6, 6.07) is 7.64. The first-order valence-electron chi connectivity index (χ1n) is 15.9. The smallest absolute Gasteiger partial charge is 0.303 e. The molecule has 0 saturated carbocycles. The molecular weight excluding hydrogens is 616 g/mol. The highest BCUT2D eigenvalue weighted by Gasteiger charge is 2.22. The van der Waals surface area contributed by atoms with Crippen molar-refractivity contribution in [3.63, 3.8) is 0 Å². The molecule has 0 amide bonds. The minimum Gasteiger partial charge on any atom is -0.481 e. The first kappa shape index (κ1) is 34.3. The number of nitrogens with one attached hydrogen (secondary N) is 2. The molecule has 0 unspecified atom stereocenters. The average Bonchev–Trinajstić information content (AvgIpc) is 3.68. The van der Waals surface area contributed by atoms with Crippen LogP contribution in [0.1, 0.15) is 97.4 Å². The van der Waals surface area contributed by atoms with Gasteiger partial charge in [-0.3, -0.25) is 19.6 Å². The highest BCUT2D eigenvalue weighted by molar-refractivity contribution is 5.96. The Morgan fingerprint density at radius 1 is 0.604 bits per heavy atom. The molecule has 12 heteroatoms. The second-order valence-corrected chi connectivity index (χ2v) is 12.3. The summed E-state index contributed by atoms with van der Waals surface area (Å²) in [5.74, 6) is -2.74. The lowest BCUT2D eigenvalue weighted by molar-refractivity contribution is -0.242. The van der Waals surface area contributed by atoms with E-state index in [9.17, 15) is 29.7 Å². The van der Waals surface area contributed by atoms with E-state index in [0.29, 0.717) is 47.6 Å². The van der Waals surface area contributed by atoms with Gasteiger partial charge in [-0.25, -0.2) is 14.9 Å². The van der Waals surface area contributed by atoms with Crippen LogP contribution in [-0.2, 0) is 32.1 Å². The van der Waals surface area contributed by atoms with Gasteiger partial charge in [0.25, 0.3) is 0 Å². The Hall–Kier alpha value is -5.07. The van der Waals surface area contributed by atoms with Gasteiger partial charge in [0, 0.05) is 41.3 Å². The van der Waals surface area contributed by atoms with Gasteiger partial charge in [-0.15, -0.1) is 0 Å². The third-order valence-electron chi connectivity index (χ3n) is 9.23. The van der Waals surface area contributed by atoms with Crippen LogP contribution >= 0.6 is 0 Å². The molecule has 0 radical (unpaired) electrons. The molecule has 252 valence electrons. The lowest BCUT2D eigenvalue weighted by Crippen LogP contribution is -1.98. The molecule has 48 heavy (non-hydrogen) atoms. The van der Waals surface area contributed by atoms with Gasteiger partial charge >= 0.3 is 17.9 Å².